The minimum Gasteiger partial charge on any atom is -0.378 e. The summed E-state index contributed by atoms with van der Waals surface area (Å²) in [6.45, 7) is 1.89. The molecule has 0 aromatic heterocycles. The molecule has 5 heteroatoms. The van der Waals surface area contributed by atoms with Crippen LogP contribution in [0.2, 0.25) is 5.02 Å². The van der Waals surface area contributed by atoms with Gasteiger partial charge in [-0.15, -0.1) is 0 Å². The first kappa shape index (κ1) is 14.3. The van der Waals surface area contributed by atoms with Gasteiger partial charge in [0.25, 0.3) is 0 Å². The highest BCUT2D eigenvalue weighted by Crippen LogP contribution is 2.23. The van der Waals surface area contributed by atoms with Gasteiger partial charge in [0.2, 0.25) is 5.91 Å². The van der Waals surface area contributed by atoms with Gasteiger partial charge in [-0.3, -0.25) is 4.79 Å². The van der Waals surface area contributed by atoms with Crippen LogP contribution in [-0.2, 0) is 0 Å². The highest BCUT2D eigenvalue weighted by Gasteiger charge is 2.09. The van der Waals surface area contributed by atoms with Gasteiger partial charge >= 0.3 is 0 Å². The molecular weight excluding hydrogens is 279 g/mol. The Kier molecular flexibility index (Phi) is 4.25. The number of benzene rings is 2. The number of hydrogen-bond acceptors (Lipinski definition) is 2. The van der Waals surface area contributed by atoms with Gasteiger partial charge in [0.05, 0.1) is 5.02 Å². The van der Waals surface area contributed by atoms with Crippen LogP contribution in [0.5, 0.6) is 0 Å². The van der Waals surface area contributed by atoms with Gasteiger partial charge in [0.1, 0.15) is 5.82 Å². The van der Waals surface area contributed by atoms with Crippen LogP contribution in [0.4, 0.5) is 10.1 Å². The lowest BCUT2D eigenvalue weighted by molar-refractivity contribution is 0.100. The van der Waals surface area contributed by atoms with Crippen LogP contribution in [0.3, 0.4) is 0 Å². The highest BCUT2D eigenvalue weighted by molar-refractivity contribution is 6.30. The van der Waals surface area contributed by atoms with Crippen molar-refractivity contribution < 1.29 is 9.18 Å². The maximum Gasteiger partial charge on any atom is 0.248 e. The lowest BCUT2D eigenvalue weighted by Crippen LogP contribution is -2.12. The number of nitrogens with one attached hydrogen (secondary N) is 1. The van der Waals surface area contributed by atoms with Gasteiger partial charge in [0, 0.05) is 17.3 Å². The third kappa shape index (κ3) is 3.27. The van der Waals surface area contributed by atoms with E-state index in [1.165, 1.54) is 12.1 Å². The van der Waals surface area contributed by atoms with Crippen molar-refractivity contribution in [1.29, 1.82) is 0 Å². The van der Waals surface area contributed by atoms with Crippen molar-refractivity contribution in [3.63, 3.8) is 0 Å². The summed E-state index contributed by atoms with van der Waals surface area (Å²) in [4.78, 5) is 11.1. The van der Waals surface area contributed by atoms with Gasteiger partial charge in [-0.25, -0.2) is 4.39 Å². The summed E-state index contributed by atoms with van der Waals surface area (Å²) in [6.07, 6.45) is 0. The summed E-state index contributed by atoms with van der Waals surface area (Å²) in [5.41, 5.74) is 7.15. The molecule has 0 bridgehead atoms. The molecule has 0 fully saturated rings. The quantitative estimate of drug-likeness (QED) is 0.901. The van der Waals surface area contributed by atoms with Crippen molar-refractivity contribution >= 4 is 23.2 Å². The number of carbonyl (C=O) groups is 1. The number of anilines is 1. The van der Waals surface area contributed by atoms with E-state index in [1.54, 1.807) is 24.3 Å². The summed E-state index contributed by atoms with van der Waals surface area (Å²) in [5, 5.41) is 3.28. The molecule has 0 saturated carbocycles. The molecule has 0 saturated heterocycles. The fourth-order valence-electron chi connectivity index (χ4n) is 1.88. The smallest absolute Gasteiger partial charge is 0.248 e. The Hall–Kier alpha value is -2.07. The van der Waals surface area contributed by atoms with Gasteiger partial charge in [-0.1, -0.05) is 23.7 Å². The van der Waals surface area contributed by atoms with Crippen molar-refractivity contribution in [2.45, 2.75) is 13.0 Å². The molecule has 2 rings (SSSR count). The van der Waals surface area contributed by atoms with E-state index in [9.17, 15) is 9.18 Å². The van der Waals surface area contributed by atoms with Crippen molar-refractivity contribution in [3.8, 4) is 0 Å². The van der Waals surface area contributed by atoms with E-state index in [4.69, 9.17) is 17.3 Å². The van der Waals surface area contributed by atoms with Crippen LogP contribution in [-0.4, -0.2) is 5.91 Å². The number of primary amides is 1. The molecule has 0 aliphatic carbocycles. The molecule has 104 valence electrons. The van der Waals surface area contributed by atoms with Crippen LogP contribution < -0.4 is 11.1 Å². The first-order valence-corrected chi connectivity index (χ1v) is 6.46. The number of rotatable bonds is 4. The summed E-state index contributed by atoms with van der Waals surface area (Å²) in [6, 6.07) is 11.4. The fraction of sp³-hybridized carbons (Fsp3) is 0.133. The number of amides is 1. The summed E-state index contributed by atoms with van der Waals surface area (Å²) >= 11 is 5.65. The van der Waals surface area contributed by atoms with Crippen molar-refractivity contribution in [1.82, 2.24) is 0 Å². The van der Waals surface area contributed by atoms with Gasteiger partial charge in [0.15, 0.2) is 0 Å². The molecule has 1 unspecified atom stereocenters. The fourth-order valence-corrected chi connectivity index (χ4v) is 1.99. The molecule has 0 spiro atoms. The standard InChI is InChI=1S/C15H14ClFN2O/c1-9(10-5-6-13(16)14(17)8-10)19-12-4-2-3-11(7-12)15(18)20/h2-9,19H,1H3,(H2,18,20). The molecule has 2 aromatic carbocycles. The Morgan fingerprint density at radius 2 is 2.05 bits per heavy atom. The van der Waals surface area contributed by atoms with Gasteiger partial charge < -0.3 is 11.1 Å². The number of nitrogens with two attached hydrogens (primary N) is 1. The zero-order valence-electron chi connectivity index (χ0n) is 10.9. The van der Waals surface area contributed by atoms with Crippen molar-refractivity contribution in [2.24, 2.45) is 5.73 Å². The summed E-state index contributed by atoms with van der Waals surface area (Å²) in [7, 11) is 0. The van der Waals surface area contributed by atoms with Crippen LogP contribution in [0.15, 0.2) is 42.5 Å². The third-order valence-electron chi connectivity index (χ3n) is 2.97. The molecule has 3 nitrogen and oxygen atoms in total. The molecule has 0 aliphatic rings. The lowest BCUT2D eigenvalue weighted by Gasteiger charge is -2.16. The normalized spacial score (nSPS) is 11.9. The second-order valence-corrected chi connectivity index (χ2v) is 4.89. The van der Waals surface area contributed by atoms with E-state index in [2.05, 4.69) is 5.32 Å². The predicted octanol–water partition coefficient (Wildman–Crippen LogP) is 3.75. The molecule has 0 radical (unpaired) electrons. The maximum atomic E-state index is 13.4. The van der Waals surface area contributed by atoms with E-state index in [1.807, 2.05) is 13.0 Å². The molecule has 0 heterocycles. The van der Waals surface area contributed by atoms with E-state index < -0.39 is 11.7 Å². The topological polar surface area (TPSA) is 55.1 Å². The first-order chi connectivity index (χ1) is 9.47. The Labute approximate surface area is 121 Å². The van der Waals surface area contributed by atoms with Crippen LogP contribution in [0.1, 0.15) is 28.9 Å². The largest absolute Gasteiger partial charge is 0.378 e. The minimum absolute atomic E-state index is 0.0941. The minimum atomic E-state index is -0.487. The number of carbonyl (C=O) groups excluding carboxylic acids is 1. The van der Waals surface area contributed by atoms with Crippen molar-refractivity contribution in [2.75, 3.05) is 5.32 Å². The average molecular weight is 293 g/mol. The lowest BCUT2D eigenvalue weighted by atomic mass is 10.1. The van der Waals surface area contributed by atoms with E-state index >= 15 is 0 Å². The highest BCUT2D eigenvalue weighted by atomic mass is 35.5. The predicted molar refractivity (Wildman–Crippen MR) is 78.4 cm³/mol. The molecule has 1 atom stereocenters. The van der Waals surface area contributed by atoms with Crippen molar-refractivity contribution in [3.05, 3.63) is 64.4 Å². The van der Waals surface area contributed by atoms with E-state index in [0.29, 0.717) is 5.56 Å². The van der Waals surface area contributed by atoms with Crippen LogP contribution in [0, 0.1) is 5.82 Å². The van der Waals surface area contributed by atoms with Gasteiger partial charge in [-0.2, -0.15) is 0 Å². The SMILES string of the molecule is CC(Nc1cccc(C(N)=O)c1)c1ccc(Cl)c(F)c1. The molecule has 2 aromatic rings. The van der Waals surface area contributed by atoms with Gasteiger partial charge in [-0.05, 0) is 42.8 Å². The Balaban J connectivity index is 2.18. The Bertz CT molecular complexity index is 646. The summed E-state index contributed by atoms with van der Waals surface area (Å²) < 4.78 is 13.4. The zero-order chi connectivity index (χ0) is 14.7. The molecule has 1 amide bonds. The molecule has 0 aliphatic heterocycles. The maximum absolute atomic E-state index is 13.4. The summed E-state index contributed by atoms with van der Waals surface area (Å²) in [5.74, 6) is -0.942. The molecule has 20 heavy (non-hydrogen) atoms. The zero-order valence-corrected chi connectivity index (χ0v) is 11.6. The monoisotopic (exact) mass is 292 g/mol. The Morgan fingerprint density at radius 1 is 1.30 bits per heavy atom. The van der Waals surface area contributed by atoms with Crippen LogP contribution in [0.25, 0.3) is 0 Å². The third-order valence-corrected chi connectivity index (χ3v) is 3.28. The second kappa shape index (κ2) is 5.92. The molecule has 3 N–H and O–H groups in total. The van der Waals surface area contributed by atoms with E-state index in [-0.39, 0.29) is 11.1 Å². The second-order valence-electron chi connectivity index (χ2n) is 4.48. The number of halogens is 2. The first-order valence-electron chi connectivity index (χ1n) is 6.08. The molecular formula is C15H14ClFN2O. The average Bonchev–Trinajstić information content (AvgIpc) is 2.42. The van der Waals surface area contributed by atoms with E-state index in [0.717, 1.165) is 11.3 Å². The van der Waals surface area contributed by atoms with Crippen LogP contribution >= 0.6 is 11.6 Å². The Morgan fingerprint density at radius 3 is 2.70 bits per heavy atom. The number of hydrogen-bond donors (Lipinski definition) is 2.